The molecule has 1 aliphatic rings. The van der Waals surface area contributed by atoms with Crippen molar-refractivity contribution < 1.29 is 9.50 Å². The van der Waals surface area contributed by atoms with E-state index in [0.29, 0.717) is 16.5 Å². The topological polar surface area (TPSA) is 20.2 Å². The first-order chi connectivity index (χ1) is 8.67. The van der Waals surface area contributed by atoms with Gasteiger partial charge in [0, 0.05) is 10.0 Å². The van der Waals surface area contributed by atoms with Crippen molar-refractivity contribution in [1.82, 2.24) is 0 Å². The minimum atomic E-state index is -1.12. The van der Waals surface area contributed by atoms with Gasteiger partial charge in [0.2, 0.25) is 0 Å². The van der Waals surface area contributed by atoms with Gasteiger partial charge >= 0.3 is 0 Å². The maximum atomic E-state index is 14.3. The zero-order chi connectivity index (χ0) is 14.4. The van der Waals surface area contributed by atoms with Crippen LogP contribution >= 0.6 is 27.5 Å². The van der Waals surface area contributed by atoms with E-state index in [1.54, 1.807) is 12.1 Å². The first-order valence-electron chi connectivity index (χ1n) is 6.54. The molecule has 0 heterocycles. The second-order valence-electron chi connectivity index (χ2n) is 6.42. The summed E-state index contributed by atoms with van der Waals surface area (Å²) in [5.74, 6) is -0.506. The third-order valence-electron chi connectivity index (χ3n) is 4.36. The lowest BCUT2D eigenvalue weighted by atomic mass is 9.63. The van der Waals surface area contributed by atoms with Crippen molar-refractivity contribution in [3.63, 3.8) is 0 Å². The van der Waals surface area contributed by atoms with Crippen LogP contribution in [0.4, 0.5) is 4.39 Å². The van der Waals surface area contributed by atoms with E-state index in [-0.39, 0.29) is 16.4 Å². The second-order valence-corrected chi connectivity index (χ2v) is 7.65. The van der Waals surface area contributed by atoms with E-state index in [2.05, 4.69) is 29.8 Å². The first kappa shape index (κ1) is 15.3. The highest BCUT2D eigenvalue weighted by molar-refractivity contribution is 9.10. The molecular formula is C15H19BrClFO. The quantitative estimate of drug-likeness (QED) is 0.684. The van der Waals surface area contributed by atoms with E-state index in [9.17, 15) is 9.50 Å². The maximum Gasteiger partial charge on any atom is 0.149 e. The van der Waals surface area contributed by atoms with Crippen LogP contribution in [-0.2, 0) is 5.60 Å². The molecule has 106 valence electrons. The predicted octanol–water partition coefficient (Wildman–Crippen LogP) is 5.28. The Bertz CT molecular complexity index is 503. The number of aliphatic hydroxyl groups is 1. The minimum Gasteiger partial charge on any atom is -0.385 e. The molecule has 0 radical (unpaired) electrons. The fourth-order valence-corrected chi connectivity index (χ4v) is 3.61. The molecule has 1 aliphatic carbocycles. The fourth-order valence-electron chi connectivity index (χ4n) is 3.14. The lowest BCUT2D eigenvalue weighted by Crippen LogP contribution is -2.42. The van der Waals surface area contributed by atoms with Gasteiger partial charge in [0.1, 0.15) is 5.82 Å². The Morgan fingerprint density at radius 2 is 2.00 bits per heavy atom. The molecule has 0 spiro atoms. The Labute approximate surface area is 127 Å². The molecule has 1 saturated carbocycles. The van der Waals surface area contributed by atoms with Crippen LogP contribution < -0.4 is 0 Å². The molecule has 0 aliphatic heterocycles. The standard InChI is InChI=1S/C15H19BrClFO/c1-9-8-14(2,3)6-7-15(9,19)10-4-5-11(16)12(17)13(10)18/h4-5,9,19H,6-8H2,1-3H3. The molecule has 0 amide bonds. The van der Waals surface area contributed by atoms with Gasteiger partial charge in [-0.3, -0.25) is 0 Å². The van der Waals surface area contributed by atoms with Gasteiger partial charge in [-0.1, -0.05) is 38.4 Å². The van der Waals surface area contributed by atoms with Crippen molar-refractivity contribution in [1.29, 1.82) is 0 Å². The summed E-state index contributed by atoms with van der Waals surface area (Å²) in [6.45, 7) is 6.36. The molecule has 0 saturated heterocycles. The lowest BCUT2D eigenvalue weighted by molar-refractivity contribution is -0.0792. The zero-order valence-electron chi connectivity index (χ0n) is 11.4. The van der Waals surface area contributed by atoms with Gasteiger partial charge in [-0.05, 0) is 52.6 Å². The summed E-state index contributed by atoms with van der Waals surface area (Å²) in [5, 5.41) is 11.0. The summed E-state index contributed by atoms with van der Waals surface area (Å²) in [5.41, 5.74) is -0.603. The first-order valence-corrected chi connectivity index (χ1v) is 7.71. The molecule has 2 atom stereocenters. The lowest BCUT2D eigenvalue weighted by Gasteiger charge is -2.45. The van der Waals surface area contributed by atoms with Crippen LogP contribution in [0.25, 0.3) is 0 Å². The third kappa shape index (κ3) is 2.70. The van der Waals surface area contributed by atoms with Crippen LogP contribution in [0.3, 0.4) is 0 Å². The van der Waals surface area contributed by atoms with E-state index in [1.165, 1.54) is 0 Å². The van der Waals surface area contributed by atoms with Gasteiger partial charge < -0.3 is 5.11 Å². The van der Waals surface area contributed by atoms with Gasteiger partial charge in [-0.15, -0.1) is 0 Å². The van der Waals surface area contributed by atoms with Crippen molar-refractivity contribution in [3.8, 4) is 0 Å². The summed E-state index contributed by atoms with van der Waals surface area (Å²) in [4.78, 5) is 0. The molecule has 4 heteroatoms. The number of benzene rings is 1. The Kier molecular flexibility index (Phi) is 4.03. The third-order valence-corrected chi connectivity index (χ3v) is 5.62. The summed E-state index contributed by atoms with van der Waals surface area (Å²) in [6.07, 6.45) is 2.31. The van der Waals surface area contributed by atoms with Crippen LogP contribution in [0.5, 0.6) is 0 Å². The number of rotatable bonds is 1. The molecule has 1 nitrogen and oxygen atoms in total. The molecule has 2 rings (SSSR count). The Morgan fingerprint density at radius 1 is 1.37 bits per heavy atom. The maximum absolute atomic E-state index is 14.3. The predicted molar refractivity (Wildman–Crippen MR) is 79.8 cm³/mol. The van der Waals surface area contributed by atoms with Gasteiger partial charge in [0.05, 0.1) is 10.6 Å². The van der Waals surface area contributed by atoms with Crippen LogP contribution in [0.1, 0.15) is 45.6 Å². The summed E-state index contributed by atoms with van der Waals surface area (Å²) in [6, 6.07) is 3.34. The molecular weight excluding hydrogens is 331 g/mol. The van der Waals surface area contributed by atoms with E-state index >= 15 is 0 Å². The van der Waals surface area contributed by atoms with E-state index in [0.717, 1.165) is 12.8 Å². The SMILES string of the molecule is CC1CC(C)(C)CCC1(O)c1ccc(Br)c(Cl)c1F. The molecule has 2 unspecified atom stereocenters. The average molecular weight is 350 g/mol. The summed E-state index contributed by atoms with van der Waals surface area (Å²) >= 11 is 9.14. The number of hydrogen-bond acceptors (Lipinski definition) is 1. The van der Waals surface area contributed by atoms with Gasteiger partial charge in [-0.2, -0.15) is 0 Å². The fraction of sp³-hybridized carbons (Fsp3) is 0.600. The van der Waals surface area contributed by atoms with Gasteiger partial charge in [0.15, 0.2) is 0 Å². The highest BCUT2D eigenvalue weighted by Gasteiger charge is 2.45. The average Bonchev–Trinajstić information content (AvgIpc) is 2.31. The van der Waals surface area contributed by atoms with E-state index < -0.39 is 11.4 Å². The Hall–Kier alpha value is -0.120. The number of hydrogen-bond donors (Lipinski definition) is 1. The van der Waals surface area contributed by atoms with Crippen molar-refractivity contribution in [3.05, 3.63) is 33.0 Å². The molecule has 0 bridgehead atoms. The summed E-state index contributed by atoms with van der Waals surface area (Å²) < 4.78 is 14.9. The van der Waals surface area contributed by atoms with E-state index in [1.807, 2.05) is 6.92 Å². The monoisotopic (exact) mass is 348 g/mol. The second kappa shape index (κ2) is 5.01. The van der Waals surface area contributed by atoms with Crippen LogP contribution in [-0.4, -0.2) is 5.11 Å². The van der Waals surface area contributed by atoms with Gasteiger partial charge in [-0.25, -0.2) is 4.39 Å². The van der Waals surface area contributed by atoms with E-state index in [4.69, 9.17) is 11.6 Å². The van der Waals surface area contributed by atoms with Crippen molar-refractivity contribution in [2.45, 2.75) is 45.6 Å². The molecule has 1 aromatic rings. The highest BCUT2D eigenvalue weighted by Crippen LogP contribution is 2.50. The molecule has 1 fully saturated rings. The minimum absolute atomic E-state index is 0.00277. The normalized spacial score (nSPS) is 30.4. The smallest absolute Gasteiger partial charge is 0.149 e. The number of halogens is 3. The van der Waals surface area contributed by atoms with Crippen molar-refractivity contribution in [2.24, 2.45) is 11.3 Å². The van der Waals surface area contributed by atoms with Crippen LogP contribution in [0.2, 0.25) is 5.02 Å². The zero-order valence-corrected chi connectivity index (χ0v) is 13.8. The summed E-state index contributed by atoms with van der Waals surface area (Å²) in [7, 11) is 0. The molecule has 1 N–H and O–H groups in total. The largest absolute Gasteiger partial charge is 0.385 e. The molecule has 19 heavy (non-hydrogen) atoms. The van der Waals surface area contributed by atoms with Crippen LogP contribution in [0.15, 0.2) is 16.6 Å². The molecule has 1 aromatic carbocycles. The highest BCUT2D eigenvalue weighted by atomic mass is 79.9. The Morgan fingerprint density at radius 3 is 2.58 bits per heavy atom. The Balaban J connectivity index is 2.44. The van der Waals surface area contributed by atoms with Crippen LogP contribution in [0, 0.1) is 17.2 Å². The van der Waals surface area contributed by atoms with Crippen molar-refractivity contribution in [2.75, 3.05) is 0 Å². The van der Waals surface area contributed by atoms with Gasteiger partial charge in [0.25, 0.3) is 0 Å². The van der Waals surface area contributed by atoms with Crippen molar-refractivity contribution >= 4 is 27.5 Å². The molecule has 0 aromatic heterocycles.